The van der Waals surface area contributed by atoms with Crippen LogP contribution in [0.3, 0.4) is 0 Å². The Balaban J connectivity index is 1.03. The van der Waals surface area contributed by atoms with Gasteiger partial charge in [0.05, 0.1) is 11.1 Å². The lowest BCUT2D eigenvalue weighted by Crippen LogP contribution is -2.44. The Morgan fingerprint density at radius 3 is 2.19 bits per heavy atom. The van der Waals surface area contributed by atoms with E-state index in [-0.39, 0.29) is 30.1 Å². The van der Waals surface area contributed by atoms with Crippen molar-refractivity contribution >= 4 is 17.9 Å². The van der Waals surface area contributed by atoms with E-state index >= 15 is 0 Å². The predicted molar refractivity (Wildman–Crippen MR) is 118 cm³/mol. The molecule has 0 spiro atoms. The van der Waals surface area contributed by atoms with Gasteiger partial charge in [0.1, 0.15) is 6.10 Å². The Bertz CT molecular complexity index is 982. The lowest BCUT2D eigenvalue weighted by molar-refractivity contribution is 0.0444. The second-order valence-electron chi connectivity index (χ2n) is 8.76. The highest BCUT2D eigenvalue weighted by molar-refractivity contribution is 6.21. The summed E-state index contributed by atoms with van der Waals surface area (Å²) in [4.78, 5) is 40.8. The summed E-state index contributed by atoms with van der Waals surface area (Å²) >= 11 is 0. The largest absolute Gasteiger partial charge is 0.446 e. The van der Waals surface area contributed by atoms with Gasteiger partial charge < -0.3 is 15.0 Å². The summed E-state index contributed by atoms with van der Waals surface area (Å²) in [6.45, 7) is 2.56. The third kappa shape index (κ3) is 4.25. The number of carbonyl (C=O) groups excluding carboxylic acids is 3. The summed E-state index contributed by atoms with van der Waals surface area (Å²) in [5, 5.41) is 2.99. The normalized spacial score (nSPS) is 23.2. The van der Waals surface area contributed by atoms with Gasteiger partial charge in [-0.25, -0.2) is 4.79 Å². The van der Waals surface area contributed by atoms with Gasteiger partial charge in [0.2, 0.25) is 0 Å². The van der Waals surface area contributed by atoms with E-state index in [0.29, 0.717) is 30.1 Å². The summed E-state index contributed by atoms with van der Waals surface area (Å²) < 4.78 is 5.63. The number of alkyl carbamates (subject to hydrolysis) is 1. The van der Waals surface area contributed by atoms with Gasteiger partial charge in [0.15, 0.2) is 0 Å². The van der Waals surface area contributed by atoms with Crippen molar-refractivity contribution < 1.29 is 19.1 Å². The van der Waals surface area contributed by atoms with E-state index in [1.165, 1.54) is 10.5 Å². The Kier molecular flexibility index (Phi) is 5.66. The molecular weight excluding hydrogens is 406 g/mol. The molecule has 166 valence electrons. The van der Waals surface area contributed by atoms with Crippen LogP contribution >= 0.6 is 0 Å². The van der Waals surface area contributed by atoms with Gasteiger partial charge in [0.25, 0.3) is 11.8 Å². The van der Waals surface area contributed by atoms with Gasteiger partial charge in [-0.15, -0.1) is 0 Å². The maximum atomic E-state index is 12.5. The van der Waals surface area contributed by atoms with Crippen molar-refractivity contribution in [2.24, 2.45) is 0 Å². The fraction of sp³-hybridized carbons (Fsp3) is 0.400. The number of hydrogen-bond donors (Lipinski definition) is 1. The third-order valence-electron chi connectivity index (χ3n) is 6.65. The van der Waals surface area contributed by atoms with E-state index in [2.05, 4.69) is 22.3 Å². The molecule has 5 rings (SSSR count). The minimum Gasteiger partial charge on any atom is -0.446 e. The fourth-order valence-electron chi connectivity index (χ4n) is 4.69. The molecule has 3 aliphatic rings. The van der Waals surface area contributed by atoms with Crippen molar-refractivity contribution in [2.45, 2.75) is 37.3 Å². The van der Waals surface area contributed by atoms with Crippen LogP contribution in [0.15, 0.2) is 54.6 Å². The molecule has 2 fully saturated rings. The molecule has 0 aromatic heterocycles. The number of imide groups is 1. The van der Waals surface area contributed by atoms with E-state index in [1.807, 2.05) is 18.2 Å². The summed E-state index contributed by atoms with van der Waals surface area (Å²) in [6, 6.07) is 17.3. The molecule has 1 aliphatic carbocycles. The van der Waals surface area contributed by atoms with Crippen LogP contribution in [-0.2, 0) is 4.74 Å². The zero-order valence-corrected chi connectivity index (χ0v) is 17.9. The van der Waals surface area contributed by atoms with Gasteiger partial charge in [-0.1, -0.05) is 42.5 Å². The van der Waals surface area contributed by atoms with Gasteiger partial charge in [0, 0.05) is 38.1 Å². The topological polar surface area (TPSA) is 79.0 Å². The zero-order valence-electron chi connectivity index (χ0n) is 17.9. The molecule has 7 heteroatoms. The zero-order chi connectivity index (χ0) is 22.1. The molecule has 0 radical (unpaired) electrons. The number of piperidine rings is 1. The smallest absolute Gasteiger partial charge is 0.407 e. The minimum absolute atomic E-state index is 0.0977. The highest BCUT2D eigenvalue weighted by Gasteiger charge is 2.40. The van der Waals surface area contributed by atoms with Crippen molar-refractivity contribution in [1.29, 1.82) is 0 Å². The average Bonchev–Trinajstić information content (AvgIpc) is 3.54. The van der Waals surface area contributed by atoms with Gasteiger partial charge in [-0.3, -0.25) is 14.5 Å². The monoisotopic (exact) mass is 433 g/mol. The van der Waals surface area contributed by atoms with Crippen LogP contribution < -0.4 is 5.32 Å². The summed E-state index contributed by atoms with van der Waals surface area (Å²) in [5.74, 6) is -0.0449. The molecule has 2 aromatic rings. The Morgan fingerprint density at radius 2 is 1.53 bits per heavy atom. The number of nitrogens with zero attached hydrogens (tertiary/aromatic N) is 2. The SMILES string of the molecule is O=C(N[C@@H]1C[C@H]1c1ccccc1)OC1CCN(CCN2C(=O)c3ccccc3C2=O)CC1. The minimum atomic E-state index is -0.335. The maximum absolute atomic E-state index is 12.5. The molecule has 0 bridgehead atoms. The van der Waals surface area contributed by atoms with Crippen LogP contribution in [0, 0.1) is 0 Å². The number of hydrogen-bond acceptors (Lipinski definition) is 5. The highest BCUT2D eigenvalue weighted by Crippen LogP contribution is 2.40. The highest BCUT2D eigenvalue weighted by atomic mass is 16.6. The van der Waals surface area contributed by atoms with Crippen LogP contribution in [-0.4, -0.2) is 66.0 Å². The molecule has 2 aromatic carbocycles. The number of ether oxygens (including phenoxy) is 1. The van der Waals surface area contributed by atoms with E-state index in [0.717, 1.165) is 32.4 Å². The van der Waals surface area contributed by atoms with E-state index in [1.54, 1.807) is 24.3 Å². The standard InChI is InChI=1S/C25H27N3O4/c29-23-19-8-4-5-9-20(19)24(30)28(23)15-14-27-12-10-18(11-13-27)32-25(31)26-22-16-21(22)17-6-2-1-3-7-17/h1-9,18,21-22H,10-16H2,(H,26,31)/t21-,22+/m0/s1. The fourth-order valence-corrected chi connectivity index (χ4v) is 4.69. The van der Waals surface area contributed by atoms with Crippen LogP contribution in [0.25, 0.3) is 0 Å². The third-order valence-corrected chi connectivity index (χ3v) is 6.65. The molecule has 1 saturated heterocycles. The molecule has 2 atom stereocenters. The van der Waals surface area contributed by atoms with Crippen molar-refractivity contribution in [3.8, 4) is 0 Å². The Morgan fingerprint density at radius 1 is 0.906 bits per heavy atom. The molecule has 2 heterocycles. The van der Waals surface area contributed by atoms with Crippen molar-refractivity contribution in [1.82, 2.24) is 15.1 Å². The van der Waals surface area contributed by atoms with Gasteiger partial charge in [-0.2, -0.15) is 0 Å². The molecule has 1 N–H and O–H groups in total. The van der Waals surface area contributed by atoms with Crippen molar-refractivity contribution in [2.75, 3.05) is 26.2 Å². The second kappa shape index (κ2) is 8.74. The Labute approximate surface area is 187 Å². The quantitative estimate of drug-likeness (QED) is 0.709. The van der Waals surface area contributed by atoms with Crippen LogP contribution in [0.2, 0.25) is 0 Å². The van der Waals surface area contributed by atoms with E-state index < -0.39 is 0 Å². The molecular formula is C25H27N3O4. The second-order valence-corrected chi connectivity index (χ2v) is 8.76. The first-order chi connectivity index (χ1) is 15.6. The first-order valence-corrected chi connectivity index (χ1v) is 11.3. The van der Waals surface area contributed by atoms with Gasteiger partial charge >= 0.3 is 6.09 Å². The summed E-state index contributed by atoms with van der Waals surface area (Å²) in [5.41, 5.74) is 2.23. The van der Waals surface area contributed by atoms with Crippen molar-refractivity contribution in [3.05, 3.63) is 71.3 Å². The lowest BCUT2D eigenvalue weighted by atomic mass is 10.1. The van der Waals surface area contributed by atoms with Gasteiger partial charge in [-0.05, 0) is 37.0 Å². The molecule has 3 amide bonds. The number of benzene rings is 2. The molecule has 32 heavy (non-hydrogen) atoms. The maximum Gasteiger partial charge on any atom is 0.407 e. The number of fused-ring (bicyclic) bond motifs is 1. The molecule has 2 aliphatic heterocycles. The molecule has 1 saturated carbocycles. The summed E-state index contributed by atoms with van der Waals surface area (Å²) in [7, 11) is 0. The van der Waals surface area contributed by atoms with E-state index in [4.69, 9.17) is 4.74 Å². The van der Waals surface area contributed by atoms with Crippen LogP contribution in [0.1, 0.15) is 51.5 Å². The number of amides is 3. The average molecular weight is 434 g/mol. The molecule has 0 unspecified atom stereocenters. The first kappa shape index (κ1) is 20.7. The first-order valence-electron chi connectivity index (χ1n) is 11.3. The Hall–Kier alpha value is -3.19. The number of nitrogens with one attached hydrogen (secondary N) is 1. The number of carbonyl (C=O) groups is 3. The number of likely N-dealkylation sites (tertiary alicyclic amines) is 1. The van der Waals surface area contributed by atoms with Crippen molar-refractivity contribution in [3.63, 3.8) is 0 Å². The van der Waals surface area contributed by atoms with Crippen LogP contribution in [0.5, 0.6) is 0 Å². The molecule has 7 nitrogen and oxygen atoms in total. The van der Waals surface area contributed by atoms with Crippen LogP contribution in [0.4, 0.5) is 4.79 Å². The van der Waals surface area contributed by atoms with E-state index in [9.17, 15) is 14.4 Å². The summed E-state index contributed by atoms with van der Waals surface area (Å²) in [6.07, 6.45) is 2.03. The number of rotatable bonds is 6. The lowest BCUT2D eigenvalue weighted by Gasteiger charge is -2.32. The predicted octanol–water partition coefficient (Wildman–Crippen LogP) is 3.03.